The Bertz CT molecular complexity index is 1080. The van der Waals surface area contributed by atoms with E-state index < -0.39 is 5.63 Å². The van der Waals surface area contributed by atoms with Gasteiger partial charge >= 0.3 is 5.63 Å². The van der Waals surface area contributed by atoms with Crippen molar-refractivity contribution in [3.8, 4) is 0 Å². The fourth-order valence-corrected chi connectivity index (χ4v) is 4.11. The normalized spacial score (nSPS) is 12.6. The molecule has 150 valence electrons. The fraction of sp³-hybridized carbons (Fsp3) is 0.429. The van der Waals surface area contributed by atoms with E-state index in [1.165, 1.54) is 0 Å². The van der Waals surface area contributed by atoms with Gasteiger partial charge in [0.15, 0.2) is 0 Å². The molecule has 7 heteroatoms. The predicted octanol–water partition coefficient (Wildman–Crippen LogP) is 3.24. The molecule has 6 nitrogen and oxygen atoms in total. The van der Waals surface area contributed by atoms with Gasteiger partial charge in [0.2, 0.25) is 5.91 Å². The van der Waals surface area contributed by atoms with Gasteiger partial charge in [0.25, 0.3) is 0 Å². The van der Waals surface area contributed by atoms with Crippen molar-refractivity contribution in [1.29, 1.82) is 0 Å². The van der Waals surface area contributed by atoms with Crippen molar-refractivity contribution < 1.29 is 18.7 Å². The molecule has 3 rings (SSSR count). The number of hydrogen-bond donors (Lipinski definition) is 2. The first kappa shape index (κ1) is 20.5. The van der Waals surface area contributed by atoms with E-state index in [1.54, 1.807) is 18.0 Å². The lowest BCUT2D eigenvalue weighted by atomic mass is 9.98. The Morgan fingerprint density at radius 1 is 1.25 bits per heavy atom. The maximum atomic E-state index is 12.5. The highest BCUT2D eigenvalue weighted by molar-refractivity contribution is 7.98. The Kier molecular flexibility index (Phi) is 6.15. The van der Waals surface area contributed by atoms with Crippen LogP contribution >= 0.6 is 11.8 Å². The van der Waals surface area contributed by atoms with Gasteiger partial charge in [-0.15, -0.1) is 0 Å². The van der Waals surface area contributed by atoms with Crippen LogP contribution < -0.4 is 10.9 Å². The molecule has 2 N–H and O–H groups in total. The van der Waals surface area contributed by atoms with Crippen LogP contribution in [0.4, 0.5) is 0 Å². The molecule has 0 aliphatic heterocycles. The third-order valence-electron chi connectivity index (χ3n) is 5.06. The number of thioether (sulfide) groups is 1. The van der Waals surface area contributed by atoms with Crippen molar-refractivity contribution in [3.63, 3.8) is 0 Å². The summed E-state index contributed by atoms with van der Waals surface area (Å²) in [6, 6.07) is 1.51. The predicted molar refractivity (Wildman–Crippen MR) is 112 cm³/mol. The average Bonchev–Trinajstić information content (AvgIpc) is 3.04. The van der Waals surface area contributed by atoms with Gasteiger partial charge in [0, 0.05) is 5.39 Å². The largest absolute Gasteiger partial charge is 0.463 e. The number of carbonyl (C=O) groups is 1. The van der Waals surface area contributed by atoms with Crippen LogP contribution in [0.25, 0.3) is 21.9 Å². The van der Waals surface area contributed by atoms with Crippen LogP contribution in [0.15, 0.2) is 26.0 Å². The molecule has 2 heterocycles. The highest BCUT2D eigenvalue weighted by atomic mass is 32.2. The van der Waals surface area contributed by atoms with Crippen LogP contribution in [0.5, 0.6) is 0 Å². The van der Waals surface area contributed by atoms with Crippen molar-refractivity contribution >= 4 is 39.6 Å². The number of nitrogens with one attached hydrogen (secondary N) is 1. The second-order valence-electron chi connectivity index (χ2n) is 7.09. The van der Waals surface area contributed by atoms with Gasteiger partial charge in [-0.1, -0.05) is 0 Å². The molecule has 1 aromatic carbocycles. The number of aryl methyl sites for hydroxylation is 3. The smallest absolute Gasteiger partial charge is 0.340 e. The van der Waals surface area contributed by atoms with Crippen LogP contribution in [0.2, 0.25) is 0 Å². The minimum atomic E-state index is -0.521. The lowest BCUT2D eigenvalue weighted by Crippen LogP contribution is -2.39. The standard InChI is InChI=1S/C21H25NO5S/c1-11-7-16-19(20-18(11)12(2)10-26-20)13(3)15(21(25)27-16)8-17(24)22-14(9-23)5-6-28-4/h7,10,14,23H,5-6,8-9H2,1-4H3,(H,22,24)/t14-/m0/s1. The van der Waals surface area contributed by atoms with Gasteiger partial charge < -0.3 is 19.3 Å². The summed E-state index contributed by atoms with van der Waals surface area (Å²) in [5.74, 6) is 0.520. The molecule has 3 aromatic rings. The molecule has 2 aromatic heterocycles. The minimum absolute atomic E-state index is 0.102. The average molecular weight is 404 g/mol. The Hall–Kier alpha value is -2.25. The number of hydrogen-bond acceptors (Lipinski definition) is 6. The maximum Gasteiger partial charge on any atom is 0.340 e. The molecule has 0 aliphatic rings. The topological polar surface area (TPSA) is 92.7 Å². The molecule has 0 spiro atoms. The van der Waals surface area contributed by atoms with E-state index in [9.17, 15) is 14.7 Å². The molecular formula is C21H25NO5S. The SMILES string of the molecule is CSCC[C@@H](CO)NC(=O)Cc1c(C)c2c(cc(C)c3c(C)coc32)oc1=O. The van der Waals surface area contributed by atoms with Gasteiger partial charge in [-0.2, -0.15) is 11.8 Å². The summed E-state index contributed by atoms with van der Waals surface area (Å²) in [4.78, 5) is 25.0. The summed E-state index contributed by atoms with van der Waals surface area (Å²) in [5, 5.41) is 14.0. The molecule has 0 unspecified atom stereocenters. The molecular weight excluding hydrogens is 378 g/mol. The maximum absolute atomic E-state index is 12.5. The van der Waals surface area contributed by atoms with Gasteiger partial charge in [-0.05, 0) is 62.0 Å². The minimum Gasteiger partial charge on any atom is -0.463 e. The summed E-state index contributed by atoms with van der Waals surface area (Å²) >= 11 is 1.65. The highest BCUT2D eigenvalue weighted by Gasteiger charge is 2.21. The van der Waals surface area contributed by atoms with Crippen molar-refractivity contribution in [2.75, 3.05) is 18.6 Å². The van der Waals surface area contributed by atoms with E-state index in [1.807, 2.05) is 33.1 Å². The molecule has 0 radical (unpaired) electrons. The first-order valence-electron chi connectivity index (χ1n) is 9.20. The number of aliphatic hydroxyl groups excluding tert-OH is 1. The van der Waals surface area contributed by atoms with Gasteiger partial charge in [-0.3, -0.25) is 4.79 Å². The van der Waals surface area contributed by atoms with Crippen LogP contribution in [0, 0.1) is 20.8 Å². The lowest BCUT2D eigenvalue weighted by Gasteiger charge is -2.16. The van der Waals surface area contributed by atoms with E-state index in [0.29, 0.717) is 28.7 Å². The zero-order chi connectivity index (χ0) is 20.4. The van der Waals surface area contributed by atoms with Crippen molar-refractivity contribution in [3.05, 3.63) is 45.0 Å². The molecule has 0 aliphatic carbocycles. The zero-order valence-corrected chi connectivity index (χ0v) is 17.4. The summed E-state index contributed by atoms with van der Waals surface area (Å²) in [6.07, 6.45) is 4.22. The zero-order valence-electron chi connectivity index (χ0n) is 16.5. The quantitative estimate of drug-likeness (QED) is 0.589. The number of furan rings is 1. The van der Waals surface area contributed by atoms with Gasteiger partial charge in [0.1, 0.15) is 11.2 Å². The molecule has 1 amide bonds. The Morgan fingerprint density at radius 2 is 2.00 bits per heavy atom. The fourth-order valence-electron chi connectivity index (χ4n) is 3.59. The number of benzene rings is 1. The van der Waals surface area contributed by atoms with Crippen LogP contribution in [-0.4, -0.2) is 35.7 Å². The van der Waals surface area contributed by atoms with Crippen molar-refractivity contribution in [2.45, 2.75) is 39.7 Å². The Balaban J connectivity index is 2.00. The van der Waals surface area contributed by atoms with E-state index in [0.717, 1.165) is 27.7 Å². The summed E-state index contributed by atoms with van der Waals surface area (Å²) in [7, 11) is 0. The summed E-state index contributed by atoms with van der Waals surface area (Å²) in [5.41, 5.74) is 3.59. The molecule has 0 saturated heterocycles. The van der Waals surface area contributed by atoms with Crippen LogP contribution in [-0.2, 0) is 11.2 Å². The third kappa shape index (κ3) is 3.82. The lowest BCUT2D eigenvalue weighted by molar-refractivity contribution is -0.121. The number of rotatable bonds is 7. The highest BCUT2D eigenvalue weighted by Crippen LogP contribution is 2.34. The molecule has 0 saturated carbocycles. The second-order valence-corrected chi connectivity index (χ2v) is 8.07. The monoisotopic (exact) mass is 403 g/mol. The van der Waals surface area contributed by atoms with Crippen molar-refractivity contribution in [2.24, 2.45) is 0 Å². The first-order chi connectivity index (χ1) is 13.4. The Morgan fingerprint density at radius 3 is 2.68 bits per heavy atom. The van der Waals surface area contributed by atoms with E-state index in [-0.39, 0.29) is 25.0 Å². The van der Waals surface area contributed by atoms with E-state index >= 15 is 0 Å². The van der Waals surface area contributed by atoms with E-state index in [2.05, 4.69) is 5.32 Å². The third-order valence-corrected chi connectivity index (χ3v) is 5.70. The van der Waals surface area contributed by atoms with Crippen molar-refractivity contribution in [1.82, 2.24) is 5.32 Å². The van der Waals surface area contributed by atoms with Gasteiger partial charge in [0.05, 0.1) is 36.3 Å². The van der Waals surface area contributed by atoms with E-state index in [4.69, 9.17) is 8.83 Å². The second kappa shape index (κ2) is 8.41. The summed E-state index contributed by atoms with van der Waals surface area (Å²) < 4.78 is 11.3. The molecule has 0 bridgehead atoms. The molecule has 1 atom stereocenters. The molecule has 28 heavy (non-hydrogen) atoms. The number of carbonyl (C=O) groups excluding carboxylic acids is 1. The summed E-state index contributed by atoms with van der Waals surface area (Å²) in [6.45, 7) is 5.59. The first-order valence-corrected chi connectivity index (χ1v) is 10.6. The van der Waals surface area contributed by atoms with Crippen LogP contribution in [0.3, 0.4) is 0 Å². The molecule has 0 fully saturated rings. The van der Waals surface area contributed by atoms with Crippen LogP contribution in [0.1, 0.15) is 28.7 Å². The number of fused-ring (bicyclic) bond motifs is 3. The van der Waals surface area contributed by atoms with Gasteiger partial charge in [-0.25, -0.2) is 4.79 Å². The Labute approximate surface area is 167 Å². The number of amides is 1. The number of aliphatic hydroxyl groups is 1.